The summed E-state index contributed by atoms with van der Waals surface area (Å²) in [4.78, 5) is 11.5. The van der Waals surface area contributed by atoms with Gasteiger partial charge in [0.25, 0.3) is 0 Å². The van der Waals surface area contributed by atoms with Crippen molar-refractivity contribution in [1.29, 1.82) is 0 Å². The molecule has 5 nitrogen and oxygen atoms in total. The first-order valence-electron chi connectivity index (χ1n) is 5.46. The topological polar surface area (TPSA) is 63.7 Å². The summed E-state index contributed by atoms with van der Waals surface area (Å²) in [6.45, 7) is 1.18. The number of sulfonamides is 1. The number of esters is 1. The molecule has 1 rings (SSSR count). The SMILES string of the molecule is CCOC(=O)C1CCCCN1S(=O)(=O)C(F)(F)F. The minimum absolute atomic E-state index is 0.00472. The molecule has 0 bridgehead atoms. The number of carbonyl (C=O) groups excluding carboxylic acids is 1. The van der Waals surface area contributed by atoms with Gasteiger partial charge in [0.05, 0.1) is 6.61 Å². The molecule has 1 fully saturated rings. The second kappa shape index (κ2) is 5.43. The summed E-state index contributed by atoms with van der Waals surface area (Å²) in [7, 11) is -5.48. The second-order valence-corrected chi connectivity index (χ2v) is 5.71. The number of carbonyl (C=O) groups is 1. The third kappa shape index (κ3) is 2.94. The molecule has 1 atom stereocenters. The first-order chi connectivity index (χ1) is 8.21. The third-order valence-corrected chi connectivity index (χ3v) is 4.25. The summed E-state index contributed by atoms with van der Waals surface area (Å²) >= 11 is 0. The van der Waals surface area contributed by atoms with Gasteiger partial charge in [0.15, 0.2) is 0 Å². The largest absolute Gasteiger partial charge is 0.511 e. The lowest BCUT2D eigenvalue weighted by Gasteiger charge is -2.33. The van der Waals surface area contributed by atoms with E-state index in [0.717, 1.165) is 0 Å². The number of hydrogen-bond donors (Lipinski definition) is 0. The lowest BCUT2D eigenvalue weighted by Crippen LogP contribution is -2.52. The first-order valence-corrected chi connectivity index (χ1v) is 6.90. The van der Waals surface area contributed by atoms with Crippen molar-refractivity contribution >= 4 is 16.0 Å². The molecule has 0 N–H and O–H groups in total. The predicted octanol–water partition coefficient (Wildman–Crippen LogP) is 1.25. The zero-order valence-corrected chi connectivity index (χ0v) is 10.6. The molecule has 0 saturated carbocycles. The standard InChI is InChI=1S/C9H14F3NO4S/c1-2-17-8(14)7-5-3-4-6-13(7)18(15,16)9(10,11)12/h7H,2-6H2,1H3. The fourth-order valence-corrected chi connectivity index (χ4v) is 2.96. The van der Waals surface area contributed by atoms with Gasteiger partial charge in [-0.1, -0.05) is 0 Å². The molecule has 18 heavy (non-hydrogen) atoms. The van der Waals surface area contributed by atoms with E-state index in [0.29, 0.717) is 12.8 Å². The molecule has 1 aliphatic rings. The Hall–Kier alpha value is -0.830. The van der Waals surface area contributed by atoms with Gasteiger partial charge in [-0.15, -0.1) is 0 Å². The van der Waals surface area contributed by atoms with E-state index in [-0.39, 0.29) is 23.9 Å². The first kappa shape index (κ1) is 15.2. The summed E-state index contributed by atoms with van der Waals surface area (Å²) in [5, 5.41) is 0. The minimum atomic E-state index is -5.48. The Morgan fingerprint density at radius 1 is 1.39 bits per heavy atom. The van der Waals surface area contributed by atoms with Crippen LogP contribution in [0.5, 0.6) is 0 Å². The van der Waals surface area contributed by atoms with Crippen LogP contribution in [0.25, 0.3) is 0 Å². The van der Waals surface area contributed by atoms with Crippen LogP contribution in [0.1, 0.15) is 26.2 Å². The van der Waals surface area contributed by atoms with Gasteiger partial charge < -0.3 is 4.74 Å². The van der Waals surface area contributed by atoms with Gasteiger partial charge in [-0.25, -0.2) is 8.42 Å². The average molecular weight is 289 g/mol. The zero-order valence-electron chi connectivity index (χ0n) is 9.74. The number of rotatable bonds is 3. The molecule has 1 saturated heterocycles. The van der Waals surface area contributed by atoms with E-state index < -0.39 is 27.5 Å². The lowest BCUT2D eigenvalue weighted by molar-refractivity contribution is -0.149. The maximum atomic E-state index is 12.5. The molecule has 9 heteroatoms. The van der Waals surface area contributed by atoms with Gasteiger partial charge in [-0.2, -0.15) is 17.5 Å². The van der Waals surface area contributed by atoms with Crippen molar-refractivity contribution in [3.63, 3.8) is 0 Å². The molecule has 0 aromatic carbocycles. The maximum absolute atomic E-state index is 12.5. The molecule has 1 heterocycles. The van der Waals surface area contributed by atoms with Crippen LogP contribution in [-0.2, 0) is 19.6 Å². The highest BCUT2D eigenvalue weighted by Gasteiger charge is 2.53. The molecule has 106 valence electrons. The van der Waals surface area contributed by atoms with Crippen LogP contribution >= 0.6 is 0 Å². The van der Waals surface area contributed by atoms with Crippen LogP contribution in [0.3, 0.4) is 0 Å². The fraction of sp³-hybridized carbons (Fsp3) is 0.889. The molecule has 0 aromatic rings. The van der Waals surface area contributed by atoms with Crippen molar-refractivity contribution < 1.29 is 31.1 Å². The summed E-state index contributed by atoms with van der Waals surface area (Å²) in [5.41, 5.74) is -5.39. The summed E-state index contributed by atoms with van der Waals surface area (Å²) in [6.07, 6.45) is 0.840. The quantitative estimate of drug-likeness (QED) is 0.734. The van der Waals surface area contributed by atoms with Gasteiger partial charge in [0.2, 0.25) is 0 Å². The Balaban J connectivity index is 3.00. The highest BCUT2D eigenvalue weighted by atomic mass is 32.2. The van der Waals surface area contributed by atoms with E-state index in [9.17, 15) is 26.4 Å². The smallest absolute Gasteiger partial charge is 0.465 e. The summed E-state index contributed by atoms with van der Waals surface area (Å²) in [6, 6.07) is -1.37. The highest BCUT2D eigenvalue weighted by molar-refractivity contribution is 7.90. The van der Waals surface area contributed by atoms with Crippen molar-refractivity contribution in [2.75, 3.05) is 13.2 Å². The fourth-order valence-electron chi connectivity index (χ4n) is 1.80. The number of alkyl halides is 3. The second-order valence-electron chi connectivity index (χ2n) is 3.83. The molecule has 0 amide bonds. The Morgan fingerprint density at radius 3 is 2.50 bits per heavy atom. The van der Waals surface area contributed by atoms with E-state index in [1.54, 1.807) is 0 Å². The van der Waals surface area contributed by atoms with Gasteiger partial charge >= 0.3 is 21.5 Å². The summed E-state index contributed by atoms with van der Waals surface area (Å²) < 4.78 is 64.8. The molecular formula is C9H14F3NO4S. The van der Waals surface area contributed by atoms with Crippen LogP contribution in [-0.4, -0.2) is 43.4 Å². The Kier molecular flexibility index (Phi) is 4.60. The Bertz CT molecular complexity index is 407. The number of piperidine rings is 1. The van der Waals surface area contributed by atoms with Crippen molar-refractivity contribution in [2.45, 2.75) is 37.7 Å². The number of hydrogen-bond acceptors (Lipinski definition) is 4. The van der Waals surface area contributed by atoms with Crippen LogP contribution in [0.4, 0.5) is 13.2 Å². The maximum Gasteiger partial charge on any atom is 0.511 e. The van der Waals surface area contributed by atoms with E-state index in [2.05, 4.69) is 4.74 Å². The van der Waals surface area contributed by atoms with Crippen molar-refractivity contribution in [3.05, 3.63) is 0 Å². The molecular weight excluding hydrogens is 275 g/mol. The third-order valence-electron chi connectivity index (χ3n) is 2.61. The van der Waals surface area contributed by atoms with E-state index in [1.165, 1.54) is 6.92 Å². The van der Waals surface area contributed by atoms with Gasteiger partial charge in [-0.05, 0) is 26.2 Å². The lowest BCUT2D eigenvalue weighted by atomic mass is 10.1. The molecule has 0 radical (unpaired) electrons. The van der Waals surface area contributed by atoms with E-state index >= 15 is 0 Å². The molecule has 1 unspecified atom stereocenters. The number of nitrogens with zero attached hydrogens (tertiary/aromatic N) is 1. The highest BCUT2D eigenvalue weighted by Crippen LogP contribution is 2.32. The van der Waals surface area contributed by atoms with Gasteiger partial charge in [0, 0.05) is 6.54 Å². The predicted molar refractivity (Wildman–Crippen MR) is 56.0 cm³/mol. The molecule has 1 aliphatic heterocycles. The van der Waals surface area contributed by atoms with Gasteiger partial charge in [0.1, 0.15) is 6.04 Å². The Morgan fingerprint density at radius 2 is 2.00 bits per heavy atom. The number of ether oxygens (including phenoxy) is 1. The Labute approximate surface area is 103 Å². The molecule has 0 spiro atoms. The normalized spacial score (nSPS) is 22.8. The van der Waals surface area contributed by atoms with Crippen molar-refractivity contribution in [3.8, 4) is 0 Å². The van der Waals surface area contributed by atoms with E-state index in [4.69, 9.17) is 0 Å². The summed E-state index contributed by atoms with van der Waals surface area (Å²) in [5.74, 6) is -0.926. The van der Waals surface area contributed by atoms with Crippen LogP contribution < -0.4 is 0 Å². The monoisotopic (exact) mass is 289 g/mol. The zero-order chi connectivity index (χ0) is 14.0. The average Bonchev–Trinajstić information content (AvgIpc) is 2.28. The van der Waals surface area contributed by atoms with Crippen molar-refractivity contribution in [1.82, 2.24) is 4.31 Å². The van der Waals surface area contributed by atoms with Crippen molar-refractivity contribution in [2.24, 2.45) is 0 Å². The van der Waals surface area contributed by atoms with Crippen LogP contribution in [0.15, 0.2) is 0 Å². The molecule has 0 aliphatic carbocycles. The number of halogens is 3. The minimum Gasteiger partial charge on any atom is -0.465 e. The van der Waals surface area contributed by atoms with Gasteiger partial charge in [-0.3, -0.25) is 4.79 Å². The van der Waals surface area contributed by atoms with Crippen LogP contribution in [0.2, 0.25) is 0 Å². The molecule has 0 aromatic heterocycles. The van der Waals surface area contributed by atoms with E-state index in [1.807, 2.05) is 0 Å². The van der Waals surface area contributed by atoms with Crippen LogP contribution in [0, 0.1) is 0 Å².